The van der Waals surface area contributed by atoms with Crippen molar-refractivity contribution in [3.63, 3.8) is 0 Å². The summed E-state index contributed by atoms with van der Waals surface area (Å²) in [6.07, 6.45) is 1.99. The minimum Gasteiger partial charge on any atom is -0.493 e. The minimum atomic E-state index is -0.250. The number of aryl methyl sites for hydroxylation is 1. The highest BCUT2D eigenvalue weighted by atomic mass is 19.1. The molecule has 4 heteroatoms. The van der Waals surface area contributed by atoms with Gasteiger partial charge in [0.25, 0.3) is 0 Å². The van der Waals surface area contributed by atoms with Crippen LogP contribution in [0.2, 0.25) is 0 Å². The molecular formula is C18H18FNO2. The van der Waals surface area contributed by atoms with Gasteiger partial charge in [-0.05, 0) is 48.7 Å². The molecule has 0 saturated carbocycles. The molecule has 1 amide bonds. The molecule has 0 radical (unpaired) electrons. The van der Waals surface area contributed by atoms with Gasteiger partial charge < -0.3 is 9.64 Å². The number of hydrogen-bond acceptors (Lipinski definition) is 2. The molecule has 114 valence electrons. The fraction of sp³-hybridized carbons (Fsp3) is 0.278. The van der Waals surface area contributed by atoms with Gasteiger partial charge >= 0.3 is 0 Å². The Balaban J connectivity index is 1.62. The molecule has 3 rings (SSSR count). The number of carbonyl (C=O) groups excluding carboxylic acids is 1. The topological polar surface area (TPSA) is 29.5 Å². The number of hydrogen-bond donors (Lipinski definition) is 0. The molecule has 0 atom stereocenters. The van der Waals surface area contributed by atoms with Crippen LogP contribution in [-0.4, -0.2) is 19.1 Å². The number of nitrogens with zero attached hydrogens (tertiary/aromatic N) is 1. The third-order valence-corrected chi connectivity index (χ3v) is 3.79. The molecule has 0 bridgehead atoms. The first kappa shape index (κ1) is 14.6. The maximum absolute atomic E-state index is 13.3. The minimum absolute atomic E-state index is 0.0171. The predicted octanol–water partition coefficient (Wildman–Crippen LogP) is 3.57. The molecule has 2 aromatic carbocycles. The summed E-state index contributed by atoms with van der Waals surface area (Å²) in [5, 5.41) is 0. The van der Waals surface area contributed by atoms with Crippen molar-refractivity contribution >= 4 is 11.6 Å². The van der Waals surface area contributed by atoms with Crippen molar-refractivity contribution in [2.75, 3.05) is 18.1 Å². The van der Waals surface area contributed by atoms with Crippen LogP contribution in [0, 0.1) is 5.82 Å². The van der Waals surface area contributed by atoms with E-state index >= 15 is 0 Å². The summed E-state index contributed by atoms with van der Waals surface area (Å²) in [6, 6.07) is 14.1. The smallest absolute Gasteiger partial charge is 0.230 e. The Morgan fingerprint density at radius 1 is 1.18 bits per heavy atom. The standard InChI is InChI=1S/C18H18FNO2/c19-15-8-9-17-14(13-15)5-4-11-20(17)18(21)10-12-22-16-6-2-1-3-7-16/h1-3,6-9,13H,4-5,10-12H2. The first-order chi connectivity index (χ1) is 10.7. The third-order valence-electron chi connectivity index (χ3n) is 3.79. The SMILES string of the molecule is O=C(CCOc1ccccc1)N1CCCc2cc(F)ccc21. The fourth-order valence-corrected chi connectivity index (χ4v) is 2.73. The quantitative estimate of drug-likeness (QED) is 0.863. The van der Waals surface area contributed by atoms with E-state index in [0.717, 1.165) is 29.8 Å². The van der Waals surface area contributed by atoms with E-state index in [4.69, 9.17) is 4.74 Å². The van der Waals surface area contributed by atoms with Crippen LogP contribution in [-0.2, 0) is 11.2 Å². The summed E-state index contributed by atoms with van der Waals surface area (Å²) in [4.78, 5) is 14.1. The van der Waals surface area contributed by atoms with Gasteiger partial charge in [-0.25, -0.2) is 4.39 Å². The Morgan fingerprint density at radius 3 is 2.82 bits per heavy atom. The predicted molar refractivity (Wildman–Crippen MR) is 83.6 cm³/mol. The Bertz CT molecular complexity index is 657. The summed E-state index contributed by atoms with van der Waals surface area (Å²) >= 11 is 0. The zero-order chi connectivity index (χ0) is 15.4. The molecule has 0 aliphatic carbocycles. The highest BCUT2D eigenvalue weighted by Crippen LogP contribution is 2.28. The number of fused-ring (bicyclic) bond motifs is 1. The molecule has 0 N–H and O–H groups in total. The van der Waals surface area contributed by atoms with Gasteiger partial charge in [0.15, 0.2) is 0 Å². The van der Waals surface area contributed by atoms with Gasteiger partial charge in [-0.1, -0.05) is 18.2 Å². The number of halogens is 1. The molecule has 1 heterocycles. The second-order valence-corrected chi connectivity index (χ2v) is 5.33. The van der Waals surface area contributed by atoms with Gasteiger partial charge in [0.2, 0.25) is 5.91 Å². The lowest BCUT2D eigenvalue weighted by Gasteiger charge is -2.29. The van der Waals surface area contributed by atoms with Crippen molar-refractivity contribution in [2.45, 2.75) is 19.3 Å². The largest absolute Gasteiger partial charge is 0.493 e. The summed E-state index contributed by atoms with van der Waals surface area (Å²) in [5.41, 5.74) is 1.74. The van der Waals surface area contributed by atoms with Crippen molar-refractivity contribution in [1.82, 2.24) is 0 Å². The second-order valence-electron chi connectivity index (χ2n) is 5.33. The van der Waals surface area contributed by atoms with Crippen molar-refractivity contribution in [1.29, 1.82) is 0 Å². The zero-order valence-corrected chi connectivity index (χ0v) is 12.3. The normalized spacial score (nSPS) is 13.6. The molecule has 1 aliphatic heterocycles. The van der Waals surface area contributed by atoms with Gasteiger partial charge in [-0.15, -0.1) is 0 Å². The van der Waals surface area contributed by atoms with Crippen LogP contribution in [0.4, 0.5) is 10.1 Å². The molecule has 0 unspecified atom stereocenters. The second kappa shape index (κ2) is 6.60. The van der Waals surface area contributed by atoms with Crippen LogP contribution in [0.5, 0.6) is 5.75 Å². The lowest BCUT2D eigenvalue weighted by atomic mass is 10.0. The Kier molecular flexibility index (Phi) is 4.37. The van der Waals surface area contributed by atoms with Crippen LogP contribution >= 0.6 is 0 Å². The van der Waals surface area contributed by atoms with E-state index in [1.807, 2.05) is 30.3 Å². The Hall–Kier alpha value is -2.36. The molecule has 0 spiro atoms. The number of rotatable bonds is 4. The Labute approximate surface area is 129 Å². The van der Waals surface area contributed by atoms with E-state index in [1.165, 1.54) is 12.1 Å². The summed E-state index contributed by atoms with van der Waals surface area (Å²) in [5.74, 6) is 0.528. The number of para-hydroxylation sites is 1. The highest BCUT2D eigenvalue weighted by molar-refractivity contribution is 5.94. The van der Waals surface area contributed by atoms with E-state index in [1.54, 1.807) is 11.0 Å². The van der Waals surface area contributed by atoms with E-state index in [2.05, 4.69) is 0 Å². The average Bonchev–Trinajstić information content (AvgIpc) is 2.55. The molecule has 2 aromatic rings. The first-order valence-corrected chi connectivity index (χ1v) is 7.51. The van der Waals surface area contributed by atoms with Crippen molar-refractivity contribution in [3.8, 4) is 5.75 Å². The number of carbonyl (C=O) groups is 1. The van der Waals surface area contributed by atoms with Crippen molar-refractivity contribution in [2.24, 2.45) is 0 Å². The van der Waals surface area contributed by atoms with E-state index in [0.29, 0.717) is 19.6 Å². The van der Waals surface area contributed by atoms with Gasteiger partial charge in [0.05, 0.1) is 13.0 Å². The number of ether oxygens (including phenoxy) is 1. The van der Waals surface area contributed by atoms with Crippen LogP contribution in [0.1, 0.15) is 18.4 Å². The number of anilines is 1. The average molecular weight is 299 g/mol. The maximum Gasteiger partial charge on any atom is 0.230 e. The molecule has 22 heavy (non-hydrogen) atoms. The monoisotopic (exact) mass is 299 g/mol. The summed E-state index contributed by atoms with van der Waals surface area (Å²) in [6.45, 7) is 1.03. The molecular weight excluding hydrogens is 281 g/mol. The van der Waals surface area contributed by atoms with Crippen LogP contribution in [0.3, 0.4) is 0 Å². The number of benzene rings is 2. The first-order valence-electron chi connectivity index (χ1n) is 7.51. The van der Waals surface area contributed by atoms with Crippen LogP contribution < -0.4 is 9.64 Å². The molecule has 0 aromatic heterocycles. The lowest BCUT2D eigenvalue weighted by Crippen LogP contribution is -2.36. The summed E-state index contributed by atoms with van der Waals surface area (Å²) in [7, 11) is 0. The van der Waals surface area contributed by atoms with Crippen molar-refractivity contribution < 1.29 is 13.9 Å². The zero-order valence-electron chi connectivity index (χ0n) is 12.3. The third kappa shape index (κ3) is 3.27. The Morgan fingerprint density at radius 2 is 2.00 bits per heavy atom. The number of amides is 1. The van der Waals surface area contributed by atoms with E-state index in [9.17, 15) is 9.18 Å². The maximum atomic E-state index is 13.3. The van der Waals surface area contributed by atoms with Crippen LogP contribution in [0.15, 0.2) is 48.5 Å². The van der Waals surface area contributed by atoms with Gasteiger partial charge in [0, 0.05) is 12.2 Å². The van der Waals surface area contributed by atoms with Crippen LogP contribution in [0.25, 0.3) is 0 Å². The van der Waals surface area contributed by atoms with Gasteiger partial charge in [-0.2, -0.15) is 0 Å². The van der Waals surface area contributed by atoms with Gasteiger partial charge in [-0.3, -0.25) is 4.79 Å². The fourth-order valence-electron chi connectivity index (χ4n) is 2.73. The van der Waals surface area contributed by atoms with Crippen molar-refractivity contribution in [3.05, 3.63) is 59.9 Å². The van der Waals surface area contributed by atoms with E-state index in [-0.39, 0.29) is 11.7 Å². The van der Waals surface area contributed by atoms with E-state index < -0.39 is 0 Å². The molecule has 0 saturated heterocycles. The molecule has 1 aliphatic rings. The lowest BCUT2D eigenvalue weighted by molar-refractivity contribution is -0.119. The molecule has 0 fully saturated rings. The summed E-state index contributed by atoms with van der Waals surface area (Å²) < 4.78 is 18.9. The van der Waals surface area contributed by atoms with Gasteiger partial charge in [0.1, 0.15) is 11.6 Å². The molecule has 3 nitrogen and oxygen atoms in total. The highest BCUT2D eigenvalue weighted by Gasteiger charge is 2.22.